The van der Waals surface area contributed by atoms with E-state index in [1.54, 1.807) is 4.31 Å². The van der Waals surface area contributed by atoms with Gasteiger partial charge in [-0.05, 0) is 44.4 Å². The van der Waals surface area contributed by atoms with Gasteiger partial charge < -0.3 is 10.6 Å². The molecule has 0 aromatic rings. The molecule has 0 spiro atoms. The molecular weight excluding hydrogens is 398 g/mol. The van der Waals surface area contributed by atoms with Gasteiger partial charge in [-0.1, -0.05) is 66.2 Å². The molecule has 173 valence electrons. The fraction of sp³-hybridized carbons (Fsp3) is 0.826. The summed E-state index contributed by atoms with van der Waals surface area (Å²) in [6.07, 6.45) is 14.7. The second kappa shape index (κ2) is 13.6. The van der Waals surface area contributed by atoms with Crippen LogP contribution in [0.25, 0.3) is 0 Å². The van der Waals surface area contributed by atoms with Crippen LogP contribution in [0, 0.1) is 26.8 Å². The Kier molecular flexibility index (Phi) is 12.3. The number of urea groups is 1. The molecule has 0 bridgehead atoms. The Morgan fingerprint density at radius 1 is 0.833 bits per heavy atom. The quantitative estimate of drug-likeness (QED) is 0.656. The van der Waals surface area contributed by atoms with Gasteiger partial charge in [0.15, 0.2) is 0 Å². The van der Waals surface area contributed by atoms with Crippen LogP contribution in [0.3, 0.4) is 0 Å². The zero-order chi connectivity index (χ0) is 19.8. The smallest absolute Gasteiger partial charge is 0.315 e. The molecule has 0 aromatic heterocycles. The minimum atomic E-state index is -3.14. The van der Waals surface area contributed by atoms with Gasteiger partial charge >= 0.3 is 6.03 Å². The normalized spacial score (nSPS) is 23.3. The van der Waals surface area contributed by atoms with E-state index in [4.69, 9.17) is 0 Å². The molecule has 1 saturated heterocycles. The van der Waals surface area contributed by atoms with Gasteiger partial charge in [-0.2, -0.15) is 0 Å². The summed E-state index contributed by atoms with van der Waals surface area (Å²) in [7, 11) is -3.14. The molecule has 1 heterocycles. The number of piperidine rings is 1. The van der Waals surface area contributed by atoms with Gasteiger partial charge in [0.05, 0.1) is 11.3 Å². The number of amides is 2. The first-order chi connectivity index (χ1) is 13.6. The fourth-order valence-electron chi connectivity index (χ4n) is 4.84. The van der Waals surface area contributed by atoms with Crippen molar-refractivity contribution >= 4 is 16.1 Å². The van der Waals surface area contributed by atoms with Crippen molar-refractivity contribution in [3.8, 4) is 0 Å². The van der Waals surface area contributed by atoms with E-state index in [1.165, 1.54) is 44.6 Å². The predicted octanol–water partition coefficient (Wildman–Crippen LogP) is 4.59. The molecular formula is C23H42N3O3S. The van der Waals surface area contributed by atoms with Crippen LogP contribution < -0.4 is 10.6 Å². The molecule has 7 heteroatoms. The van der Waals surface area contributed by atoms with Gasteiger partial charge in [-0.3, -0.25) is 0 Å². The highest BCUT2D eigenvalue weighted by Gasteiger charge is 2.35. The molecule has 3 rings (SSSR count). The van der Waals surface area contributed by atoms with Crippen molar-refractivity contribution in [2.45, 2.75) is 95.1 Å². The van der Waals surface area contributed by atoms with Crippen LogP contribution in [0.1, 0.15) is 89.9 Å². The monoisotopic (exact) mass is 440 g/mol. The summed E-state index contributed by atoms with van der Waals surface area (Å²) in [5, 5.41) is 5.91. The summed E-state index contributed by atoms with van der Waals surface area (Å²) in [6, 6.07) is 1.08. The summed E-state index contributed by atoms with van der Waals surface area (Å²) >= 11 is 0. The van der Waals surface area contributed by atoms with Gasteiger partial charge in [-0.15, -0.1) is 0 Å². The summed E-state index contributed by atoms with van der Waals surface area (Å²) in [4.78, 5) is 12.2. The van der Waals surface area contributed by atoms with Gasteiger partial charge in [0.25, 0.3) is 0 Å². The first-order valence-electron chi connectivity index (χ1n) is 11.4. The maximum Gasteiger partial charge on any atom is 0.315 e. The number of sulfonamides is 1. The summed E-state index contributed by atoms with van der Waals surface area (Å²) in [6.45, 7) is 1.84. The van der Waals surface area contributed by atoms with Gasteiger partial charge in [0, 0.05) is 19.6 Å². The fourth-order valence-corrected chi connectivity index (χ4v) is 6.91. The Hall–Kier alpha value is -0.820. The van der Waals surface area contributed by atoms with E-state index >= 15 is 0 Å². The standard InChI is InChI=1S/C21H38N3O3S.2CH2/c25-21(23-19-9-5-2-1-3-6-10-19)22-17-18-13-15-24(16-14-18)28(26,27)20-11-7-4-8-12-20;;/h18,20H,1-17H2,(H2,22,23,25);2*1H2. The number of hydrogen-bond donors (Lipinski definition) is 2. The number of carbonyl (C=O) groups is 1. The maximum absolute atomic E-state index is 12.8. The largest absolute Gasteiger partial charge is 0.338 e. The third-order valence-corrected chi connectivity index (χ3v) is 9.10. The molecule has 6 nitrogen and oxygen atoms in total. The molecule has 2 aliphatic carbocycles. The second-order valence-electron chi connectivity index (χ2n) is 8.85. The molecule has 2 amide bonds. The lowest BCUT2D eigenvalue weighted by Gasteiger charge is -2.35. The maximum atomic E-state index is 12.8. The predicted molar refractivity (Wildman–Crippen MR) is 123 cm³/mol. The van der Waals surface area contributed by atoms with Gasteiger partial charge in [0.2, 0.25) is 10.0 Å². The van der Waals surface area contributed by atoms with Crippen molar-refractivity contribution in [2.75, 3.05) is 19.6 Å². The van der Waals surface area contributed by atoms with Gasteiger partial charge in [0.1, 0.15) is 0 Å². The average molecular weight is 441 g/mol. The Bertz CT molecular complexity index is 575. The molecule has 0 atom stereocenters. The average Bonchev–Trinajstić information content (AvgIpc) is 2.69. The first-order valence-corrected chi connectivity index (χ1v) is 12.9. The lowest BCUT2D eigenvalue weighted by molar-refractivity contribution is 0.229. The van der Waals surface area contributed by atoms with Crippen LogP contribution in [0.4, 0.5) is 4.79 Å². The molecule has 3 fully saturated rings. The van der Waals surface area contributed by atoms with Crippen LogP contribution >= 0.6 is 0 Å². The number of nitrogens with one attached hydrogen (secondary N) is 2. The third kappa shape index (κ3) is 8.03. The zero-order valence-electron chi connectivity index (χ0n) is 18.7. The second-order valence-corrected chi connectivity index (χ2v) is 11.1. The lowest BCUT2D eigenvalue weighted by atomic mass is 9.97. The minimum absolute atomic E-state index is 0. The highest BCUT2D eigenvalue weighted by atomic mass is 32.2. The van der Waals surface area contributed by atoms with E-state index in [0.29, 0.717) is 25.6 Å². The van der Waals surface area contributed by atoms with Crippen molar-refractivity contribution in [1.29, 1.82) is 0 Å². The van der Waals surface area contributed by atoms with E-state index in [9.17, 15) is 13.2 Å². The number of nitrogens with zero attached hydrogens (tertiary/aromatic N) is 1. The van der Waals surface area contributed by atoms with E-state index < -0.39 is 10.0 Å². The van der Waals surface area contributed by atoms with Crippen molar-refractivity contribution < 1.29 is 13.2 Å². The Morgan fingerprint density at radius 2 is 1.37 bits per heavy atom. The van der Waals surface area contributed by atoms with Crippen molar-refractivity contribution in [2.24, 2.45) is 5.92 Å². The van der Waals surface area contributed by atoms with Crippen LogP contribution in [-0.2, 0) is 10.0 Å². The van der Waals surface area contributed by atoms with Crippen molar-refractivity contribution in [3.05, 3.63) is 20.9 Å². The Labute approximate surface area is 186 Å². The van der Waals surface area contributed by atoms with Gasteiger partial charge in [-0.25, -0.2) is 17.5 Å². The van der Waals surface area contributed by atoms with Crippen molar-refractivity contribution in [1.82, 2.24) is 14.9 Å². The minimum Gasteiger partial charge on any atom is -0.338 e. The molecule has 5 radical (unpaired) electrons. The summed E-state index contributed by atoms with van der Waals surface area (Å²) in [5.41, 5.74) is 0. The van der Waals surface area contributed by atoms with E-state index in [0.717, 1.165) is 51.4 Å². The number of rotatable bonds is 5. The van der Waals surface area contributed by atoms with Crippen molar-refractivity contribution in [3.63, 3.8) is 0 Å². The van der Waals surface area contributed by atoms with Crippen LogP contribution in [0.2, 0.25) is 0 Å². The summed E-state index contributed by atoms with van der Waals surface area (Å²) in [5.74, 6) is 0.367. The first kappa shape index (κ1) is 27.2. The zero-order valence-corrected chi connectivity index (χ0v) is 19.5. The highest BCUT2D eigenvalue weighted by Crippen LogP contribution is 2.29. The molecule has 0 aromatic carbocycles. The van der Waals surface area contributed by atoms with Crippen LogP contribution in [0.15, 0.2) is 0 Å². The highest BCUT2D eigenvalue weighted by molar-refractivity contribution is 7.89. The third-order valence-electron chi connectivity index (χ3n) is 6.71. The molecule has 30 heavy (non-hydrogen) atoms. The lowest BCUT2D eigenvalue weighted by Crippen LogP contribution is -2.46. The molecule has 3 aliphatic rings. The van der Waals surface area contributed by atoms with Crippen LogP contribution in [-0.4, -0.2) is 43.6 Å². The molecule has 0 unspecified atom stereocenters. The Balaban J connectivity index is 0.00000225. The van der Waals surface area contributed by atoms with E-state index in [2.05, 4.69) is 10.6 Å². The molecule has 1 aliphatic heterocycles. The SMILES string of the molecule is O=C(NCC1CCN(S(=O)(=O)C2CCCCC2)CC1)N[C]1CCCCCCC1.[CH2].[CH2]. The topological polar surface area (TPSA) is 78.5 Å². The van der Waals surface area contributed by atoms with E-state index in [1.807, 2.05) is 0 Å². The molecule has 2 saturated carbocycles. The number of hydrogen-bond acceptors (Lipinski definition) is 3. The van der Waals surface area contributed by atoms with Crippen LogP contribution in [0.5, 0.6) is 0 Å². The molecule has 2 N–H and O–H groups in total. The van der Waals surface area contributed by atoms with E-state index in [-0.39, 0.29) is 26.1 Å². The summed E-state index contributed by atoms with van der Waals surface area (Å²) < 4.78 is 27.4. The Morgan fingerprint density at radius 3 is 1.97 bits per heavy atom. The number of carbonyl (C=O) groups excluding carboxylic acids is 1.